The maximum Gasteiger partial charge on any atom is 0.146 e. The van der Waals surface area contributed by atoms with Crippen LogP contribution in [0.3, 0.4) is 0 Å². The van der Waals surface area contributed by atoms with Gasteiger partial charge in [0.1, 0.15) is 11.6 Å². The fraction of sp³-hybridized carbons (Fsp3) is 0.143. The summed E-state index contributed by atoms with van der Waals surface area (Å²) in [6, 6.07) is 11.8. The predicted molar refractivity (Wildman–Crippen MR) is 71.7 cm³/mol. The van der Waals surface area contributed by atoms with Gasteiger partial charge in [0, 0.05) is 11.8 Å². The maximum atomic E-state index is 13.5. The summed E-state index contributed by atoms with van der Waals surface area (Å²) in [5.41, 5.74) is 7.49. The van der Waals surface area contributed by atoms with Crippen molar-refractivity contribution < 1.29 is 9.13 Å². The fourth-order valence-corrected chi connectivity index (χ4v) is 1.61. The minimum atomic E-state index is -0.299. The van der Waals surface area contributed by atoms with E-state index in [1.54, 1.807) is 36.4 Å². The molecule has 0 aliphatic rings. The van der Waals surface area contributed by atoms with Crippen LogP contribution in [0.4, 0.5) is 21.5 Å². The molecule has 2 rings (SSSR count). The zero-order valence-electron chi connectivity index (χ0n) is 10.1. The van der Waals surface area contributed by atoms with Crippen LogP contribution in [0, 0.1) is 5.82 Å². The Hall–Kier alpha value is -2.23. The van der Waals surface area contributed by atoms with Gasteiger partial charge in [-0.25, -0.2) is 4.39 Å². The number of nitrogens with one attached hydrogen (secondary N) is 1. The van der Waals surface area contributed by atoms with Crippen molar-refractivity contribution in [2.24, 2.45) is 0 Å². The second-order valence-corrected chi connectivity index (χ2v) is 3.79. The lowest BCUT2D eigenvalue weighted by molar-refractivity contribution is 0.342. The van der Waals surface area contributed by atoms with Crippen LogP contribution in [0.5, 0.6) is 5.75 Å². The SMILES string of the molecule is CCOc1cc(Nc2ccccc2F)ccc1N. The fourth-order valence-electron chi connectivity index (χ4n) is 1.61. The van der Waals surface area contributed by atoms with Gasteiger partial charge in [0.15, 0.2) is 0 Å². The molecule has 0 aromatic heterocycles. The first kappa shape index (κ1) is 12.2. The number of hydrogen-bond acceptors (Lipinski definition) is 3. The Kier molecular flexibility index (Phi) is 3.67. The van der Waals surface area contributed by atoms with Gasteiger partial charge in [-0.2, -0.15) is 0 Å². The third kappa shape index (κ3) is 2.71. The summed E-state index contributed by atoms with van der Waals surface area (Å²) in [6.45, 7) is 2.42. The molecule has 0 amide bonds. The van der Waals surface area contributed by atoms with E-state index in [2.05, 4.69) is 5.32 Å². The van der Waals surface area contributed by atoms with Crippen molar-refractivity contribution >= 4 is 17.1 Å². The summed E-state index contributed by atoms with van der Waals surface area (Å²) in [4.78, 5) is 0. The monoisotopic (exact) mass is 246 g/mol. The van der Waals surface area contributed by atoms with E-state index in [0.717, 1.165) is 5.69 Å². The molecule has 4 heteroatoms. The molecule has 0 spiro atoms. The van der Waals surface area contributed by atoms with Gasteiger partial charge in [-0.05, 0) is 31.2 Å². The summed E-state index contributed by atoms with van der Waals surface area (Å²) in [6.07, 6.45) is 0. The molecule has 18 heavy (non-hydrogen) atoms. The van der Waals surface area contributed by atoms with Gasteiger partial charge >= 0.3 is 0 Å². The van der Waals surface area contributed by atoms with Crippen LogP contribution in [0.15, 0.2) is 42.5 Å². The number of nitrogens with two attached hydrogens (primary N) is 1. The van der Waals surface area contributed by atoms with Crippen molar-refractivity contribution in [2.45, 2.75) is 6.92 Å². The molecule has 3 N–H and O–H groups in total. The van der Waals surface area contributed by atoms with Crippen molar-refractivity contribution in [2.75, 3.05) is 17.7 Å². The smallest absolute Gasteiger partial charge is 0.146 e. The molecule has 2 aromatic rings. The number of benzene rings is 2. The van der Waals surface area contributed by atoms with E-state index >= 15 is 0 Å². The highest BCUT2D eigenvalue weighted by atomic mass is 19.1. The van der Waals surface area contributed by atoms with Gasteiger partial charge in [-0.3, -0.25) is 0 Å². The zero-order chi connectivity index (χ0) is 13.0. The molecule has 0 saturated carbocycles. The third-order valence-corrected chi connectivity index (χ3v) is 2.47. The first-order chi connectivity index (χ1) is 8.70. The molecule has 0 unspecified atom stereocenters. The average molecular weight is 246 g/mol. The van der Waals surface area contributed by atoms with Crippen LogP contribution in [0.25, 0.3) is 0 Å². The number of anilines is 3. The molecule has 94 valence electrons. The highest BCUT2D eigenvalue weighted by Crippen LogP contribution is 2.28. The van der Waals surface area contributed by atoms with E-state index in [-0.39, 0.29) is 5.82 Å². The lowest BCUT2D eigenvalue weighted by atomic mass is 10.2. The Labute approximate surface area is 105 Å². The third-order valence-electron chi connectivity index (χ3n) is 2.47. The topological polar surface area (TPSA) is 47.3 Å². The Balaban J connectivity index is 2.24. The lowest BCUT2D eigenvalue weighted by Crippen LogP contribution is -1.99. The molecule has 0 heterocycles. The zero-order valence-corrected chi connectivity index (χ0v) is 10.1. The van der Waals surface area contributed by atoms with Gasteiger partial charge in [-0.15, -0.1) is 0 Å². The maximum absolute atomic E-state index is 13.5. The average Bonchev–Trinajstić information content (AvgIpc) is 2.36. The minimum absolute atomic E-state index is 0.299. The summed E-state index contributed by atoms with van der Waals surface area (Å²) in [5.74, 6) is 0.297. The predicted octanol–water partition coefficient (Wildman–Crippen LogP) is 3.55. The van der Waals surface area contributed by atoms with Gasteiger partial charge in [-0.1, -0.05) is 12.1 Å². The molecule has 0 radical (unpaired) electrons. The number of rotatable bonds is 4. The number of ether oxygens (including phenoxy) is 1. The summed E-state index contributed by atoms with van der Waals surface area (Å²) < 4.78 is 18.9. The van der Waals surface area contributed by atoms with E-state index in [1.807, 2.05) is 6.92 Å². The van der Waals surface area contributed by atoms with Gasteiger partial charge < -0.3 is 15.8 Å². The van der Waals surface area contributed by atoms with E-state index < -0.39 is 0 Å². The highest BCUT2D eigenvalue weighted by molar-refractivity contribution is 5.67. The number of nitrogen functional groups attached to an aromatic ring is 1. The molecule has 3 nitrogen and oxygen atoms in total. The van der Waals surface area contributed by atoms with E-state index in [9.17, 15) is 4.39 Å². The Morgan fingerprint density at radius 3 is 2.72 bits per heavy atom. The van der Waals surface area contributed by atoms with Crippen molar-refractivity contribution in [1.29, 1.82) is 0 Å². The summed E-state index contributed by atoms with van der Waals surface area (Å²) in [5, 5.41) is 2.99. The standard InChI is InChI=1S/C14H15FN2O/c1-2-18-14-9-10(7-8-12(14)16)17-13-6-4-3-5-11(13)15/h3-9,17H,2,16H2,1H3. The molecule has 0 bridgehead atoms. The highest BCUT2D eigenvalue weighted by Gasteiger charge is 2.04. The first-order valence-corrected chi connectivity index (χ1v) is 5.74. The quantitative estimate of drug-likeness (QED) is 0.811. The molecule has 0 aliphatic heterocycles. The number of halogens is 1. The second-order valence-electron chi connectivity index (χ2n) is 3.79. The van der Waals surface area contributed by atoms with Crippen LogP contribution >= 0.6 is 0 Å². The van der Waals surface area contributed by atoms with Gasteiger partial charge in [0.25, 0.3) is 0 Å². The number of para-hydroxylation sites is 1. The van der Waals surface area contributed by atoms with Crippen LogP contribution in [0.2, 0.25) is 0 Å². The molecule has 0 fully saturated rings. The van der Waals surface area contributed by atoms with Crippen LogP contribution in [-0.4, -0.2) is 6.61 Å². The molecule has 0 aliphatic carbocycles. The minimum Gasteiger partial charge on any atom is -0.492 e. The molecule has 0 atom stereocenters. The Morgan fingerprint density at radius 2 is 2.00 bits per heavy atom. The van der Waals surface area contributed by atoms with Crippen LogP contribution in [0.1, 0.15) is 6.92 Å². The summed E-state index contributed by atoms with van der Waals surface area (Å²) >= 11 is 0. The van der Waals surface area contributed by atoms with Gasteiger partial charge in [0.05, 0.1) is 18.0 Å². The van der Waals surface area contributed by atoms with Gasteiger partial charge in [0.2, 0.25) is 0 Å². The summed E-state index contributed by atoms with van der Waals surface area (Å²) in [7, 11) is 0. The molecular weight excluding hydrogens is 231 g/mol. The van der Waals surface area contributed by atoms with Crippen molar-refractivity contribution in [1.82, 2.24) is 0 Å². The van der Waals surface area contributed by atoms with Crippen molar-refractivity contribution in [3.8, 4) is 5.75 Å². The van der Waals surface area contributed by atoms with Crippen molar-refractivity contribution in [3.63, 3.8) is 0 Å². The van der Waals surface area contributed by atoms with Crippen LogP contribution in [-0.2, 0) is 0 Å². The molecule has 2 aromatic carbocycles. The molecule has 0 saturated heterocycles. The number of hydrogen-bond donors (Lipinski definition) is 2. The first-order valence-electron chi connectivity index (χ1n) is 5.74. The lowest BCUT2D eigenvalue weighted by Gasteiger charge is -2.11. The van der Waals surface area contributed by atoms with Crippen LogP contribution < -0.4 is 15.8 Å². The Bertz CT molecular complexity index is 543. The van der Waals surface area contributed by atoms with Crippen molar-refractivity contribution in [3.05, 3.63) is 48.3 Å². The normalized spacial score (nSPS) is 10.1. The van der Waals surface area contributed by atoms with E-state index in [1.165, 1.54) is 6.07 Å². The largest absolute Gasteiger partial charge is 0.492 e. The van der Waals surface area contributed by atoms with E-state index in [4.69, 9.17) is 10.5 Å². The van der Waals surface area contributed by atoms with E-state index in [0.29, 0.717) is 23.7 Å². The second kappa shape index (κ2) is 5.40. The Morgan fingerprint density at radius 1 is 1.22 bits per heavy atom. The molecular formula is C14H15FN2O.